The van der Waals surface area contributed by atoms with Crippen LogP contribution in [-0.4, -0.2) is 29.0 Å². The summed E-state index contributed by atoms with van der Waals surface area (Å²) in [5, 5.41) is 3.34. The fourth-order valence-electron chi connectivity index (χ4n) is 1.83. The summed E-state index contributed by atoms with van der Waals surface area (Å²) < 4.78 is 5.33. The molecule has 0 saturated heterocycles. The number of nitrogens with one attached hydrogen (secondary N) is 1. The Labute approximate surface area is 107 Å². The summed E-state index contributed by atoms with van der Waals surface area (Å²) in [5.41, 5.74) is 0.401. The molecule has 1 fully saturated rings. The van der Waals surface area contributed by atoms with Crippen molar-refractivity contribution >= 4 is 17.4 Å². The average Bonchev–Trinajstić information content (AvgIpc) is 3.09. The second-order valence-electron chi connectivity index (χ2n) is 4.47. The third-order valence-corrected chi connectivity index (χ3v) is 3.35. The first-order valence-corrected chi connectivity index (χ1v) is 6.56. The second kappa shape index (κ2) is 5.54. The van der Waals surface area contributed by atoms with Gasteiger partial charge in [-0.25, -0.2) is 9.97 Å². The zero-order valence-electron chi connectivity index (χ0n) is 10.1. The van der Waals surface area contributed by atoms with Gasteiger partial charge >= 0.3 is 0 Å². The summed E-state index contributed by atoms with van der Waals surface area (Å²) in [6, 6.07) is 1.83. The maximum Gasteiger partial charge on any atom is 0.218 e. The molecule has 1 aliphatic rings. The molecular weight excluding hydrogens is 238 g/mol. The van der Waals surface area contributed by atoms with E-state index in [1.807, 2.05) is 13.0 Å². The number of nitrogens with zero attached hydrogens (tertiary/aromatic N) is 2. The zero-order chi connectivity index (χ0) is 12.1. The van der Waals surface area contributed by atoms with Crippen molar-refractivity contribution in [1.29, 1.82) is 0 Å². The fraction of sp³-hybridized carbons (Fsp3) is 0.667. The topological polar surface area (TPSA) is 47.0 Å². The third-order valence-electron chi connectivity index (χ3n) is 3.16. The lowest BCUT2D eigenvalue weighted by molar-refractivity contribution is 0.326. The molecule has 1 heterocycles. The number of hydrogen-bond acceptors (Lipinski definition) is 4. The van der Waals surface area contributed by atoms with Crippen LogP contribution in [-0.2, 0) is 0 Å². The molecule has 0 aromatic carbocycles. The Balaban J connectivity index is 1.88. The first-order chi connectivity index (χ1) is 8.28. The highest BCUT2D eigenvalue weighted by Crippen LogP contribution is 2.48. The van der Waals surface area contributed by atoms with Crippen molar-refractivity contribution in [2.45, 2.75) is 26.2 Å². The number of anilines is 1. The van der Waals surface area contributed by atoms with E-state index in [0.717, 1.165) is 24.7 Å². The second-order valence-corrected chi connectivity index (χ2v) is 4.84. The normalized spacial score (nSPS) is 16.6. The Morgan fingerprint density at radius 2 is 2.29 bits per heavy atom. The van der Waals surface area contributed by atoms with E-state index in [1.165, 1.54) is 19.2 Å². The molecule has 0 amide bonds. The Morgan fingerprint density at radius 1 is 1.47 bits per heavy atom. The van der Waals surface area contributed by atoms with Crippen LogP contribution in [0.1, 0.15) is 26.2 Å². The largest absolute Gasteiger partial charge is 0.478 e. The van der Waals surface area contributed by atoms with E-state index in [-0.39, 0.29) is 0 Å². The Morgan fingerprint density at radius 3 is 2.94 bits per heavy atom. The van der Waals surface area contributed by atoms with Crippen molar-refractivity contribution in [3.05, 3.63) is 12.4 Å². The Kier molecular flexibility index (Phi) is 4.05. The lowest BCUT2D eigenvalue weighted by atomic mass is 10.0. The van der Waals surface area contributed by atoms with Gasteiger partial charge in [-0.2, -0.15) is 0 Å². The van der Waals surface area contributed by atoms with Gasteiger partial charge in [0, 0.05) is 18.5 Å². The van der Waals surface area contributed by atoms with E-state index in [1.54, 1.807) is 0 Å². The van der Waals surface area contributed by atoms with Gasteiger partial charge in [0.2, 0.25) is 5.88 Å². The molecule has 5 heteroatoms. The number of hydrogen-bond donors (Lipinski definition) is 1. The molecule has 17 heavy (non-hydrogen) atoms. The Hall–Kier alpha value is -1.03. The van der Waals surface area contributed by atoms with E-state index in [0.29, 0.717) is 17.9 Å². The van der Waals surface area contributed by atoms with Crippen molar-refractivity contribution in [3.63, 3.8) is 0 Å². The third kappa shape index (κ3) is 3.46. The summed E-state index contributed by atoms with van der Waals surface area (Å²) in [4.78, 5) is 8.21. The molecule has 1 saturated carbocycles. The molecule has 1 aromatic rings. The van der Waals surface area contributed by atoms with Gasteiger partial charge in [-0.1, -0.05) is 0 Å². The van der Waals surface area contributed by atoms with Gasteiger partial charge in [0.05, 0.1) is 6.61 Å². The van der Waals surface area contributed by atoms with E-state index < -0.39 is 0 Å². The van der Waals surface area contributed by atoms with Crippen LogP contribution in [0, 0.1) is 5.41 Å². The summed E-state index contributed by atoms with van der Waals surface area (Å²) in [7, 11) is 0. The van der Waals surface area contributed by atoms with Crippen LogP contribution in [0.3, 0.4) is 0 Å². The number of alkyl halides is 1. The first-order valence-electron chi connectivity index (χ1n) is 6.03. The van der Waals surface area contributed by atoms with E-state index >= 15 is 0 Å². The fourth-order valence-corrected chi connectivity index (χ4v) is 2.23. The van der Waals surface area contributed by atoms with Crippen LogP contribution in [0.2, 0.25) is 0 Å². The van der Waals surface area contributed by atoms with Gasteiger partial charge in [0.1, 0.15) is 12.1 Å². The predicted molar refractivity (Wildman–Crippen MR) is 68.7 cm³/mol. The van der Waals surface area contributed by atoms with Crippen LogP contribution in [0.5, 0.6) is 5.88 Å². The molecule has 1 aliphatic carbocycles. The van der Waals surface area contributed by atoms with Crippen LogP contribution < -0.4 is 10.1 Å². The van der Waals surface area contributed by atoms with E-state index in [4.69, 9.17) is 16.3 Å². The van der Waals surface area contributed by atoms with Crippen LogP contribution >= 0.6 is 11.6 Å². The first kappa shape index (κ1) is 12.4. The highest BCUT2D eigenvalue weighted by molar-refractivity contribution is 6.17. The highest BCUT2D eigenvalue weighted by atomic mass is 35.5. The molecule has 94 valence electrons. The molecule has 4 nitrogen and oxygen atoms in total. The molecule has 0 spiro atoms. The van der Waals surface area contributed by atoms with Crippen LogP contribution in [0.4, 0.5) is 5.82 Å². The minimum atomic E-state index is 0.401. The SMILES string of the molecule is CCOc1cc(NCC2(CCCl)CC2)ncn1. The van der Waals surface area contributed by atoms with Crippen LogP contribution in [0.25, 0.3) is 0 Å². The van der Waals surface area contributed by atoms with Crippen molar-refractivity contribution in [2.24, 2.45) is 5.41 Å². The standard InChI is InChI=1S/C12H18ClN3O/c1-2-17-11-7-10(15-9-16-11)14-8-12(3-4-12)5-6-13/h7,9H,2-6,8H2,1H3,(H,14,15,16). The highest BCUT2D eigenvalue weighted by Gasteiger charge is 2.41. The lowest BCUT2D eigenvalue weighted by Crippen LogP contribution is -2.16. The van der Waals surface area contributed by atoms with Crippen LogP contribution in [0.15, 0.2) is 12.4 Å². The van der Waals surface area contributed by atoms with Crippen molar-refractivity contribution in [1.82, 2.24) is 9.97 Å². The molecule has 2 rings (SSSR count). The number of aromatic nitrogens is 2. The van der Waals surface area contributed by atoms with Gasteiger partial charge < -0.3 is 10.1 Å². The minimum absolute atomic E-state index is 0.401. The summed E-state index contributed by atoms with van der Waals surface area (Å²) in [6.07, 6.45) is 5.12. The molecule has 1 N–H and O–H groups in total. The predicted octanol–water partition coefficient (Wildman–Crippen LogP) is 2.70. The van der Waals surface area contributed by atoms with Gasteiger partial charge in [0.25, 0.3) is 0 Å². The molecule has 0 aliphatic heterocycles. The zero-order valence-corrected chi connectivity index (χ0v) is 10.8. The van der Waals surface area contributed by atoms with Gasteiger partial charge in [-0.15, -0.1) is 11.6 Å². The quantitative estimate of drug-likeness (QED) is 0.761. The monoisotopic (exact) mass is 255 g/mol. The van der Waals surface area contributed by atoms with Crippen molar-refractivity contribution < 1.29 is 4.74 Å². The molecular formula is C12H18ClN3O. The molecule has 0 unspecified atom stereocenters. The van der Waals surface area contributed by atoms with Gasteiger partial charge in [-0.05, 0) is 31.6 Å². The minimum Gasteiger partial charge on any atom is -0.478 e. The number of halogens is 1. The summed E-state index contributed by atoms with van der Waals surface area (Å²) in [5.74, 6) is 2.17. The Bertz CT molecular complexity index is 369. The maximum absolute atomic E-state index is 5.80. The molecule has 0 atom stereocenters. The van der Waals surface area contributed by atoms with E-state index in [9.17, 15) is 0 Å². The van der Waals surface area contributed by atoms with Crippen molar-refractivity contribution in [2.75, 3.05) is 24.3 Å². The molecule has 1 aromatic heterocycles. The van der Waals surface area contributed by atoms with Crippen molar-refractivity contribution in [3.8, 4) is 5.88 Å². The molecule has 0 bridgehead atoms. The molecule has 0 radical (unpaired) electrons. The number of ether oxygens (including phenoxy) is 1. The van der Waals surface area contributed by atoms with E-state index in [2.05, 4.69) is 15.3 Å². The van der Waals surface area contributed by atoms with Gasteiger partial charge in [0.15, 0.2) is 0 Å². The lowest BCUT2D eigenvalue weighted by Gasteiger charge is -2.14. The number of rotatable bonds is 7. The average molecular weight is 256 g/mol. The summed E-state index contributed by atoms with van der Waals surface area (Å²) in [6.45, 7) is 3.49. The maximum atomic E-state index is 5.80. The summed E-state index contributed by atoms with van der Waals surface area (Å²) >= 11 is 5.80. The smallest absolute Gasteiger partial charge is 0.218 e. The van der Waals surface area contributed by atoms with Gasteiger partial charge in [-0.3, -0.25) is 0 Å².